The van der Waals surface area contributed by atoms with Crippen molar-refractivity contribution in [3.8, 4) is 11.3 Å². The molecule has 3 rings (SSSR count). The molecule has 4 nitrogen and oxygen atoms in total. The molecule has 1 N–H and O–H groups in total. The fraction of sp³-hybridized carbons (Fsp3) is 0.0625. The fourth-order valence-corrected chi connectivity index (χ4v) is 2.38. The smallest absolute Gasteiger partial charge is 0.337 e. The molecule has 0 fully saturated rings. The van der Waals surface area contributed by atoms with E-state index in [4.69, 9.17) is 0 Å². The number of carboxylic acid groups (broad SMARTS) is 1. The van der Waals surface area contributed by atoms with E-state index >= 15 is 0 Å². The van der Waals surface area contributed by atoms with E-state index in [-0.39, 0.29) is 5.56 Å². The molecular formula is C16H12N2O2. The Morgan fingerprint density at radius 3 is 2.55 bits per heavy atom. The van der Waals surface area contributed by atoms with Gasteiger partial charge in [0.05, 0.1) is 16.8 Å². The second kappa shape index (κ2) is 4.74. The summed E-state index contributed by atoms with van der Waals surface area (Å²) in [6.07, 6.45) is 1.65. The molecule has 0 aliphatic rings. The van der Waals surface area contributed by atoms with Gasteiger partial charge in [-0.05, 0) is 25.1 Å². The Bertz CT molecular complexity index is 798. The van der Waals surface area contributed by atoms with Crippen molar-refractivity contribution in [3.63, 3.8) is 0 Å². The normalized spacial score (nSPS) is 10.7. The summed E-state index contributed by atoms with van der Waals surface area (Å²) in [5, 5.41) is 10.2. The number of para-hydroxylation sites is 1. The minimum atomic E-state index is -0.965. The Labute approximate surface area is 115 Å². The SMILES string of the molecule is Cc1nc2ccccc2c(C(=O)O)c1-c1ccccn1. The van der Waals surface area contributed by atoms with Gasteiger partial charge in [-0.15, -0.1) is 0 Å². The zero-order valence-electron chi connectivity index (χ0n) is 10.9. The average Bonchev–Trinajstić information content (AvgIpc) is 2.46. The average molecular weight is 264 g/mol. The summed E-state index contributed by atoms with van der Waals surface area (Å²) in [4.78, 5) is 20.5. The third-order valence-corrected chi connectivity index (χ3v) is 3.21. The summed E-state index contributed by atoms with van der Waals surface area (Å²) >= 11 is 0. The molecule has 20 heavy (non-hydrogen) atoms. The van der Waals surface area contributed by atoms with Crippen molar-refractivity contribution in [1.82, 2.24) is 9.97 Å². The van der Waals surface area contributed by atoms with Crippen LogP contribution in [0.4, 0.5) is 0 Å². The van der Waals surface area contributed by atoms with Gasteiger partial charge in [0.1, 0.15) is 0 Å². The molecule has 4 heteroatoms. The highest BCUT2D eigenvalue weighted by atomic mass is 16.4. The van der Waals surface area contributed by atoms with E-state index in [1.165, 1.54) is 0 Å². The van der Waals surface area contributed by atoms with Gasteiger partial charge in [-0.25, -0.2) is 4.79 Å². The standard InChI is InChI=1S/C16H12N2O2/c1-10-14(13-8-4-5-9-17-13)15(16(19)20)11-6-2-3-7-12(11)18-10/h2-9H,1H3,(H,19,20). The maximum absolute atomic E-state index is 11.7. The van der Waals surface area contributed by atoms with E-state index in [9.17, 15) is 9.90 Å². The molecule has 1 aromatic carbocycles. The monoisotopic (exact) mass is 264 g/mol. The van der Waals surface area contributed by atoms with E-state index < -0.39 is 5.97 Å². The predicted octanol–water partition coefficient (Wildman–Crippen LogP) is 3.30. The van der Waals surface area contributed by atoms with Crippen LogP contribution in [0, 0.1) is 6.92 Å². The quantitative estimate of drug-likeness (QED) is 0.771. The third kappa shape index (κ3) is 1.91. The van der Waals surface area contributed by atoms with Gasteiger partial charge >= 0.3 is 5.97 Å². The van der Waals surface area contributed by atoms with Gasteiger partial charge in [-0.1, -0.05) is 24.3 Å². The first-order valence-corrected chi connectivity index (χ1v) is 6.22. The minimum absolute atomic E-state index is 0.256. The number of aromatic nitrogens is 2. The van der Waals surface area contributed by atoms with E-state index in [1.807, 2.05) is 31.2 Å². The zero-order valence-corrected chi connectivity index (χ0v) is 10.9. The summed E-state index contributed by atoms with van der Waals surface area (Å²) in [6, 6.07) is 12.7. The Balaban J connectivity index is 2.45. The van der Waals surface area contributed by atoms with Crippen molar-refractivity contribution < 1.29 is 9.90 Å². The van der Waals surface area contributed by atoms with E-state index in [1.54, 1.807) is 24.4 Å². The predicted molar refractivity (Wildman–Crippen MR) is 76.7 cm³/mol. The number of rotatable bonds is 2. The van der Waals surface area contributed by atoms with Crippen LogP contribution < -0.4 is 0 Å². The maximum atomic E-state index is 11.7. The summed E-state index contributed by atoms with van der Waals surface area (Å²) in [6.45, 7) is 1.81. The van der Waals surface area contributed by atoms with Crippen molar-refractivity contribution in [2.45, 2.75) is 6.92 Å². The van der Waals surface area contributed by atoms with Crippen LogP contribution in [-0.4, -0.2) is 21.0 Å². The first kappa shape index (κ1) is 12.3. The van der Waals surface area contributed by atoms with Gasteiger partial charge in [0.15, 0.2) is 0 Å². The minimum Gasteiger partial charge on any atom is -0.478 e. The van der Waals surface area contributed by atoms with Gasteiger partial charge in [-0.2, -0.15) is 0 Å². The number of carbonyl (C=O) groups is 1. The summed E-state index contributed by atoms with van der Waals surface area (Å²) in [7, 11) is 0. The molecule has 0 saturated carbocycles. The molecule has 98 valence electrons. The van der Waals surface area contributed by atoms with E-state index in [0.717, 1.165) is 0 Å². The highest BCUT2D eigenvalue weighted by Gasteiger charge is 2.19. The van der Waals surface area contributed by atoms with Crippen LogP contribution in [0.15, 0.2) is 48.7 Å². The Morgan fingerprint density at radius 1 is 1.10 bits per heavy atom. The van der Waals surface area contributed by atoms with Crippen LogP contribution in [0.25, 0.3) is 22.2 Å². The van der Waals surface area contributed by atoms with Crippen molar-refractivity contribution in [3.05, 3.63) is 59.9 Å². The number of fused-ring (bicyclic) bond motifs is 1. The third-order valence-electron chi connectivity index (χ3n) is 3.21. The Kier molecular flexibility index (Phi) is 2.91. The molecule has 3 aromatic rings. The molecule has 2 aromatic heterocycles. The number of pyridine rings is 2. The lowest BCUT2D eigenvalue weighted by atomic mass is 9.98. The molecule has 0 spiro atoms. The maximum Gasteiger partial charge on any atom is 0.337 e. The number of nitrogens with zero attached hydrogens (tertiary/aromatic N) is 2. The second-order valence-corrected chi connectivity index (χ2v) is 4.48. The van der Waals surface area contributed by atoms with E-state index in [2.05, 4.69) is 9.97 Å². The van der Waals surface area contributed by atoms with Gasteiger partial charge in [0.2, 0.25) is 0 Å². The largest absolute Gasteiger partial charge is 0.478 e. The van der Waals surface area contributed by atoms with Crippen molar-refractivity contribution in [2.24, 2.45) is 0 Å². The molecule has 0 aliphatic heterocycles. The number of aromatic carboxylic acids is 1. The number of benzene rings is 1. The summed E-state index contributed by atoms with van der Waals surface area (Å²) < 4.78 is 0. The number of hydrogen-bond donors (Lipinski definition) is 1. The lowest BCUT2D eigenvalue weighted by Crippen LogP contribution is -2.05. The second-order valence-electron chi connectivity index (χ2n) is 4.48. The lowest BCUT2D eigenvalue weighted by Gasteiger charge is -2.11. The molecule has 0 amide bonds. The van der Waals surface area contributed by atoms with Crippen LogP contribution in [0.3, 0.4) is 0 Å². The van der Waals surface area contributed by atoms with Crippen molar-refractivity contribution >= 4 is 16.9 Å². The number of aryl methyl sites for hydroxylation is 1. The van der Waals surface area contributed by atoms with Crippen molar-refractivity contribution in [2.75, 3.05) is 0 Å². The highest BCUT2D eigenvalue weighted by molar-refractivity contribution is 6.08. The molecular weight excluding hydrogens is 252 g/mol. The van der Waals surface area contributed by atoms with Crippen molar-refractivity contribution in [1.29, 1.82) is 0 Å². The van der Waals surface area contributed by atoms with Gasteiger partial charge < -0.3 is 5.11 Å². The van der Waals surface area contributed by atoms with Gasteiger partial charge in [-0.3, -0.25) is 9.97 Å². The number of carboxylic acids is 1. The zero-order chi connectivity index (χ0) is 14.1. The van der Waals surface area contributed by atoms with Crippen LogP contribution in [0.2, 0.25) is 0 Å². The summed E-state index contributed by atoms with van der Waals surface area (Å²) in [5.41, 5.74) is 2.81. The molecule has 0 unspecified atom stereocenters. The fourth-order valence-electron chi connectivity index (χ4n) is 2.38. The van der Waals surface area contributed by atoms with Gasteiger partial charge in [0, 0.05) is 22.8 Å². The van der Waals surface area contributed by atoms with Crippen LogP contribution >= 0.6 is 0 Å². The van der Waals surface area contributed by atoms with Crippen LogP contribution in [0.5, 0.6) is 0 Å². The van der Waals surface area contributed by atoms with Gasteiger partial charge in [0.25, 0.3) is 0 Å². The molecule has 0 radical (unpaired) electrons. The molecule has 0 saturated heterocycles. The molecule has 0 bridgehead atoms. The first-order chi connectivity index (χ1) is 9.68. The summed E-state index contributed by atoms with van der Waals surface area (Å²) in [5.74, 6) is -0.965. The lowest BCUT2D eigenvalue weighted by molar-refractivity contribution is 0.0699. The van der Waals surface area contributed by atoms with E-state index in [0.29, 0.717) is 27.9 Å². The topological polar surface area (TPSA) is 63.1 Å². The Morgan fingerprint density at radius 2 is 1.85 bits per heavy atom. The van der Waals surface area contributed by atoms with Crippen LogP contribution in [0.1, 0.15) is 16.1 Å². The highest BCUT2D eigenvalue weighted by Crippen LogP contribution is 2.30. The molecule has 2 heterocycles. The molecule has 0 aliphatic carbocycles. The Hall–Kier alpha value is -2.75. The molecule has 0 atom stereocenters. The number of hydrogen-bond acceptors (Lipinski definition) is 3. The van der Waals surface area contributed by atoms with Crippen LogP contribution in [-0.2, 0) is 0 Å². The first-order valence-electron chi connectivity index (χ1n) is 6.22.